The number of halogens is 1. The molecule has 0 spiro atoms. The number of nitrogens with zero attached hydrogens (tertiary/aromatic N) is 2. The zero-order valence-electron chi connectivity index (χ0n) is 11.3. The molecule has 0 unspecified atom stereocenters. The van der Waals surface area contributed by atoms with Gasteiger partial charge in [-0.25, -0.2) is 4.39 Å². The van der Waals surface area contributed by atoms with Gasteiger partial charge in [-0.05, 0) is 47.9 Å². The molecule has 0 N–H and O–H groups in total. The van der Waals surface area contributed by atoms with Crippen LogP contribution in [0.3, 0.4) is 0 Å². The van der Waals surface area contributed by atoms with Gasteiger partial charge in [0.15, 0.2) is 0 Å². The van der Waals surface area contributed by atoms with Crippen molar-refractivity contribution in [2.24, 2.45) is 0 Å². The minimum atomic E-state index is -0.276. The van der Waals surface area contributed by atoms with Crippen molar-refractivity contribution in [3.05, 3.63) is 65.0 Å². The number of amides is 1. The monoisotopic (exact) mass is 280 g/mol. The second kappa shape index (κ2) is 5.37. The van der Waals surface area contributed by atoms with Gasteiger partial charge >= 0.3 is 0 Å². The summed E-state index contributed by atoms with van der Waals surface area (Å²) in [7, 11) is 0. The molecule has 104 valence electrons. The lowest BCUT2D eigenvalue weighted by atomic mass is 10.00. The standard InChI is InChI=1S/C17H13FN2O/c18-15-6-7-16-14(9-15)5-8-17(21)20(16)11-13-3-1-12(10-19)2-4-13/h1-4,6-7,9H,5,8,11H2. The van der Waals surface area contributed by atoms with Gasteiger partial charge in [0.05, 0.1) is 18.2 Å². The number of carbonyl (C=O) groups excluding carboxylic acids is 1. The first-order chi connectivity index (χ1) is 10.2. The number of nitriles is 1. The molecule has 4 heteroatoms. The summed E-state index contributed by atoms with van der Waals surface area (Å²) < 4.78 is 13.3. The van der Waals surface area contributed by atoms with Gasteiger partial charge in [-0.3, -0.25) is 4.79 Å². The Hall–Kier alpha value is -2.67. The fraction of sp³-hybridized carbons (Fsp3) is 0.176. The summed E-state index contributed by atoms with van der Waals surface area (Å²) in [6, 6.07) is 13.7. The van der Waals surface area contributed by atoms with E-state index in [4.69, 9.17) is 5.26 Å². The van der Waals surface area contributed by atoms with Gasteiger partial charge < -0.3 is 4.90 Å². The third-order valence-corrected chi connectivity index (χ3v) is 3.67. The van der Waals surface area contributed by atoms with Crippen LogP contribution in [0.25, 0.3) is 0 Å². The molecule has 3 nitrogen and oxygen atoms in total. The Morgan fingerprint density at radius 2 is 1.90 bits per heavy atom. The SMILES string of the molecule is N#Cc1ccc(CN2C(=O)CCc3cc(F)ccc32)cc1. The predicted octanol–water partition coefficient (Wildman–Crippen LogP) is 3.18. The highest BCUT2D eigenvalue weighted by Crippen LogP contribution is 2.29. The number of hydrogen-bond acceptors (Lipinski definition) is 2. The number of rotatable bonds is 2. The molecular formula is C17H13FN2O. The van der Waals surface area contributed by atoms with Crippen molar-refractivity contribution in [2.45, 2.75) is 19.4 Å². The first-order valence-corrected chi connectivity index (χ1v) is 6.75. The largest absolute Gasteiger partial charge is 0.308 e. The number of anilines is 1. The first kappa shape index (κ1) is 13.3. The lowest BCUT2D eigenvalue weighted by Gasteiger charge is -2.29. The summed E-state index contributed by atoms with van der Waals surface area (Å²) in [6.07, 6.45) is 0.975. The summed E-state index contributed by atoms with van der Waals surface area (Å²) in [4.78, 5) is 13.8. The van der Waals surface area contributed by atoms with Crippen LogP contribution in [-0.2, 0) is 17.8 Å². The summed E-state index contributed by atoms with van der Waals surface area (Å²) >= 11 is 0. The van der Waals surface area contributed by atoms with E-state index in [1.54, 1.807) is 23.1 Å². The van der Waals surface area contributed by atoms with Crippen LogP contribution in [0, 0.1) is 17.1 Å². The van der Waals surface area contributed by atoms with Crippen LogP contribution >= 0.6 is 0 Å². The number of aryl methyl sites for hydroxylation is 1. The van der Waals surface area contributed by atoms with E-state index in [2.05, 4.69) is 6.07 Å². The summed E-state index contributed by atoms with van der Waals surface area (Å²) in [5.41, 5.74) is 3.17. The molecular weight excluding hydrogens is 267 g/mol. The second-order valence-electron chi connectivity index (χ2n) is 5.06. The fourth-order valence-corrected chi connectivity index (χ4v) is 2.57. The van der Waals surface area contributed by atoms with Crippen LogP contribution in [0.1, 0.15) is 23.1 Å². The maximum Gasteiger partial charge on any atom is 0.227 e. The van der Waals surface area contributed by atoms with Gasteiger partial charge in [-0.2, -0.15) is 5.26 Å². The van der Waals surface area contributed by atoms with Crippen LogP contribution in [-0.4, -0.2) is 5.91 Å². The molecule has 1 aliphatic rings. The molecule has 1 aliphatic heterocycles. The van der Waals surface area contributed by atoms with Crippen LogP contribution in [0.2, 0.25) is 0 Å². The lowest BCUT2D eigenvalue weighted by Crippen LogP contribution is -2.34. The van der Waals surface area contributed by atoms with E-state index in [-0.39, 0.29) is 11.7 Å². The molecule has 21 heavy (non-hydrogen) atoms. The number of hydrogen-bond donors (Lipinski definition) is 0. The van der Waals surface area contributed by atoms with Gasteiger partial charge in [-0.15, -0.1) is 0 Å². The highest BCUT2D eigenvalue weighted by Gasteiger charge is 2.24. The third kappa shape index (κ3) is 2.63. The van der Waals surface area contributed by atoms with Crippen LogP contribution in [0.5, 0.6) is 0 Å². The molecule has 1 amide bonds. The van der Waals surface area contributed by atoms with E-state index >= 15 is 0 Å². The predicted molar refractivity (Wildman–Crippen MR) is 77.1 cm³/mol. The topological polar surface area (TPSA) is 44.1 Å². The van der Waals surface area contributed by atoms with Crippen molar-refractivity contribution in [1.82, 2.24) is 0 Å². The van der Waals surface area contributed by atoms with Crippen LogP contribution in [0.4, 0.5) is 10.1 Å². The molecule has 0 fully saturated rings. The lowest BCUT2D eigenvalue weighted by molar-refractivity contribution is -0.119. The zero-order valence-corrected chi connectivity index (χ0v) is 11.3. The van der Waals surface area contributed by atoms with Crippen molar-refractivity contribution in [3.63, 3.8) is 0 Å². The molecule has 0 saturated heterocycles. The second-order valence-corrected chi connectivity index (χ2v) is 5.06. The van der Waals surface area contributed by atoms with E-state index in [1.807, 2.05) is 12.1 Å². The van der Waals surface area contributed by atoms with Gasteiger partial charge in [0, 0.05) is 12.1 Å². The van der Waals surface area contributed by atoms with E-state index in [1.165, 1.54) is 12.1 Å². The maximum atomic E-state index is 13.3. The van der Waals surface area contributed by atoms with E-state index in [0.29, 0.717) is 24.9 Å². The van der Waals surface area contributed by atoms with Crippen molar-refractivity contribution in [3.8, 4) is 6.07 Å². The quantitative estimate of drug-likeness (QED) is 0.848. The van der Waals surface area contributed by atoms with Crippen molar-refractivity contribution in [2.75, 3.05) is 4.90 Å². The number of fused-ring (bicyclic) bond motifs is 1. The molecule has 0 aliphatic carbocycles. The first-order valence-electron chi connectivity index (χ1n) is 6.75. The Bertz CT molecular complexity index is 731. The molecule has 0 saturated carbocycles. The highest BCUT2D eigenvalue weighted by atomic mass is 19.1. The van der Waals surface area contributed by atoms with Gasteiger partial charge in [0.2, 0.25) is 5.91 Å². The average molecular weight is 280 g/mol. The van der Waals surface area contributed by atoms with E-state index in [0.717, 1.165) is 16.8 Å². The Morgan fingerprint density at radius 3 is 2.62 bits per heavy atom. The Labute approximate surface area is 122 Å². The molecule has 0 radical (unpaired) electrons. The number of carbonyl (C=O) groups is 1. The number of benzene rings is 2. The van der Waals surface area contributed by atoms with E-state index in [9.17, 15) is 9.18 Å². The summed E-state index contributed by atoms with van der Waals surface area (Å²) in [5, 5.41) is 8.80. The van der Waals surface area contributed by atoms with Crippen molar-refractivity contribution >= 4 is 11.6 Å². The van der Waals surface area contributed by atoms with Crippen molar-refractivity contribution < 1.29 is 9.18 Å². The van der Waals surface area contributed by atoms with Crippen LogP contribution < -0.4 is 4.90 Å². The Balaban J connectivity index is 1.91. The molecule has 0 bridgehead atoms. The minimum absolute atomic E-state index is 0.0402. The van der Waals surface area contributed by atoms with Gasteiger partial charge in [0.1, 0.15) is 5.82 Å². The normalized spacial score (nSPS) is 13.7. The molecule has 2 aromatic carbocycles. The van der Waals surface area contributed by atoms with Gasteiger partial charge in [-0.1, -0.05) is 12.1 Å². The Kier molecular flexibility index (Phi) is 3.41. The average Bonchev–Trinajstić information content (AvgIpc) is 2.51. The third-order valence-electron chi connectivity index (χ3n) is 3.67. The van der Waals surface area contributed by atoms with Gasteiger partial charge in [0.25, 0.3) is 0 Å². The summed E-state index contributed by atoms with van der Waals surface area (Å²) in [6.45, 7) is 0.434. The fourth-order valence-electron chi connectivity index (χ4n) is 2.57. The maximum absolute atomic E-state index is 13.3. The zero-order chi connectivity index (χ0) is 14.8. The molecule has 1 heterocycles. The molecule has 2 aromatic rings. The Morgan fingerprint density at radius 1 is 1.14 bits per heavy atom. The molecule has 0 aromatic heterocycles. The smallest absolute Gasteiger partial charge is 0.227 e. The van der Waals surface area contributed by atoms with Crippen LogP contribution in [0.15, 0.2) is 42.5 Å². The van der Waals surface area contributed by atoms with E-state index < -0.39 is 0 Å². The molecule has 3 rings (SSSR count). The molecule has 0 atom stereocenters. The highest BCUT2D eigenvalue weighted by molar-refractivity contribution is 5.96. The minimum Gasteiger partial charge on any atom is -0.308 e. The summed E-state index contributed by atoms with van der Waals surface area (Å²) in [5.74, 6) is -0.236. The van der Waals surface area contributed by atoms with Crippen molar-refractivity contribution in [1.29, 1.82) is 5.26 Å².